The predicted octanol–water partition coefficient (Wildman–Crippen LogP) is 6.35. The van der Waals surface area contributed by atoms with Crippen LogP contribution in [-0.2, 0) is 4.79 Å². The molecule has 3 saturated carbocycles. The van der Waals surface area contributed by atoms with Gasteiger partial charge in [-0.25, -0.2) is 0 Å². The van der Waals surface area contributed by atoms with Crippen LogP contribution in [0.1, 0.15) is 80.1 Å². The molecule has 0 aromatic carbocycles. The van der Waals surface area contributed by atoms with Crippen LogP contribution < -0.4 is 0 Å². The maximum absolute atomic E-state index is 11.9. The molecule has 0 aliphatic heterocycles. The summed E-state index contributed by atoms with van der Waals surface area (Å²) in [5.74, 6) is 2.63. The number of fused-ring (bicyclic) bond motifs is 5. The van der Waals surface area contributed by atoms with Crippen molar-refractivity contribution in [3.63, 3.8) is 0 Å². The van der Waals surface area contributed by atoms with Gasteiger partial charge in [0.1, 0.15) is 0 Å². The van der Waals surface area contributed by atoms with Gasteiger partial charge in [0.2, 0.25) is 0 Å². The predicted molar refractivity (Wildman–Crippen MR) is 104 cm³/mol. The van der Waals surface area contributed by atoms with E-state index >= 15 is 0 Å². The Morgan fingerprint density at radius 1 is 1.00 bits per heavy atom. The van der Waals surface area contributed by atoms with Crippen LogP contribution in [0.25, 0.3) is 0 Å². The van der Waals surface area contributed by atoms with Crippen LogP contribution >= 0.6 is 0 Å². The summed E-state index contributed by atoms with van der Waals surface area (Å²) in [5.41, 5.74) is 2.83. The summed E-state index contributed by atoms with van der Waals surface area (Å²) in [6.07, 6.45) is 14.0. The molecule has 1 unspecified atom stereocenters. The van der Waals surface area contributed by atoms with Gasteiger partial charge in [-0.2, -0.15) is 0 Å². The normalized spacial score (nSPS) is 49.3. The third-order valence-corrected chi connectivity index (χ3v) is 9.82. The number of carbonyl (C=O) groups excluding carboxylic acids is 1. The molecule has 0 aromatic rings. The van der Waals surface area contributed by atoms with Gasteiger partial charge in [-0.15, -0.1) is 0 Å². The van der Waals surface area contributed by atoms with Gasteiger partial charge in [0.15, 0.2) is 5.78 Å². The van der Waals surface area contributed by atoms with Crippen LogP contribution in [0, 0.1) is 39.4 Å². The van der Waals surface area contributed by atoms with Gasteiger partial charge in [-0.1, -0.05) is 53.2 Å². The summed E-state index contributed by atoms with van der Waals surface area (Å²) < 4.78 is 0. The van der Waals surface area contributed by atoms with Crippen molar-refractivity contribution in [2.24, 2.45) is 39.4 Å². The summed E-state index contributed by atoms with van der Waals surface area (Å²) in [5, 5.41) is 0. The van der Waals surface area contributed by atoms with Gasteiger partial charge >= 0.3 is 0 Å². The van der Waals surface area contributed by atoms with E-state index < -0.39 is 0 Å². The number of carbonyl (C=O) groups is 1. The Hall–Kier alpha value is -0.850. The molecule has 4 rings (SSSR count). The lowest BCUT2D eigenvalue weighted by Crippen LogP contribution is -2.54. The molecule has 0 radical (unpaired) electrons. The highest BCUT2D eigenvalue weighted by Crippen LogP contribution is 2.72. The minimum absolute atomic E-state index is 0.138. The first-order chi connectivity index (χ1) is 11.5. The van der Waals surface area contributed by atoms with E-state index in [0.29, 0.717) is 16.2 Å². The fourth-order valence-electron chi connectivity index (χ4n) is 7.70. The Morgan fingerprint density at radius 3 is 2.36 bits per heavy atom. The van der Waals surface area contributed by atoms with Crippen molar-refractivity contribution in [2.45, 2.75) is 80.1 Å². The monoisotopic (exact) mass is 340 g/mol. The van der Waals surface area contributed by atoms with Crippen LogP contribution in [0.15, 0.2) is 23.8 Å². The van der Waals surface area contributed by atoms with Gasteiger partial charge in [0, 0.05) is 5.41 Å². The number of rotatable bonds is 0. The van der Waals surface area contributed by atoms with E-state index in [1.807, 2.05) is 12.2 Å². The first kappa shape index (κ1) is 17.6. The van der Waals surface area contributed by atoms with Crippen molar-refractivity contribution in [1.29, 1.82) is 0 Å². The van der Waals surface area contributed by atoms with Crippen LogP contribution in [0.3, 0.4) is 0 Å². The molecule has 6 atom stereocenters. The summed E-state index contributed by atoms with van der Waals surface area (Å²) in [4.78, 5) is 11.9. The molecule has 3 fully saturated rings. The van der Waals surface area contributed by atoms with E-state index in [0.717, 1.165) is 24.2 Å². The van der Waals surface area contributed by atoms with E-state index in [1.165, 1.54) is 37.7 Å². The molecule has 1 heteroatoms. The minimum atomic E-state index is 0.138. The third kappa shape index (κ3) is 2.10. The molecule has 0 N–H and O–H groups in total. The average molecular weight is 341 g/mol. The molecule has 0 aromatic heterocycles. The van der Waals surface area contributed by atoms with Crippen LogP contribution in [0.2, 0.25) is 0 Å². The average Bonchev–Trinajstić information content (AvgIpc) is 2.81. The lowest BCUT2D eigenvalue weighted by Gasteiger charge is -2.61. The second kappa shape index (κ2) is 5.11. The zero-order valence-electron chi connectivity index (χ0n) is 17.1. The van der Waals surface area contributed by atoms with Crippen molar-refractivity contribution in [3.05, 3.63) is 23.8 Å². The van der Waals surface area contributed by atoms with Crippen molar-refractivity contribution < 1.29 is 4.79 Å². The summed E-state index contributed by atoms with van der Waals surface area (Å²) in [6, 6.07) is 0. The summed E-state index contributed by atoms with van der Waals surface area (Å²) in [6.45, 7) is 15.0. The molecule has 0 heterocycles. The molecule has 0 spiro atoms. The van der Waals surface area contributed by atoms with E-state index in [4.69, 9.17) is 0 Å². The lowest BCUT2D eigenvalue weighted by molar-refractivity contribution is -0.112. The maximum Gasteiger partial charge on any atom is 0.178 e. The molecule has 0 saturated heterocycles. The van der Waals surface area contributed by atoms with Gasteiger partial charge in [0.25, 0.3) is 0 Å². The Labute approximate surface area is 154 Å². The molecule has 138 valence electrons. The molecule has 0 amide bonds. The van der Waals surface area contributed by atoms with Crippen molar-refractivity contribution in [2.75, 3.05) is 0 Å². The van der Waals surface area contributed by atoms with Crippen molar-refractivity contribution >= 4 is 5.78 Å². The highest BCUT2D eigenvalue weighted by atomic mass is 16.1. The second-order valence-corrected chi connectivity index (χ2v) is 11.2. The molecule has 1 nitrogen and oxygen atoms in total. The first-order valence-electron chi connectivity index (χ1n) is 10.5. The van der Waals surface area contributed by atoms with E-state index in [2.05, 4.69) is 47.6 Å². The smallest absolute Gasteiger partial charge is 0.178 e. The summed E-state index contributed by atoms with van der Waals surface area (Å²) >= 11 is 0. The first-order valence-corrected chi connectivity index (χ1v) is 10.5. The summed E-state index contributed by atoms with van der Waals surface area (Å²) in [7, 11) is 0. The molecular formula is C24H36O. The highest BCUT2D eigenvalue weighted by molar-refractivity contribution is 6.01. The Morgan fingerprint density at radius 2 is 1.68 bits per heavy atom. The fraction of sp³-hybridized carbons (Fsp3) is 0.792. The molecule has 25 heavy (non-hydrogen) atoms. The number of allylic oxidation sites excluding steroid dienone is 4. The van der Waals surface area contributed by atoms with Crippen LogP contribution in [0.4, 0.5) is 0 Å². The Bertz CT molecular complexity index is 662. The standard InChI is InChI=1S/C24H36O/c1-21(2,3)24(6)14-11-20-18-8-7-16-15-17(25)9-12-22(16,4)19(18)10-13-23(20,24)5/h9,12,15,18-20H,7-8,10-11,13-14H2,1-6H3/t18?,19-,20-,22-,23-,24+/m0/s1. The molecule has 0 bridgehead atoms. The second-order valence-electron chi connectivity index (χ2n) is 11.2. The van der Waals surface area contributed by atoms with Crippen molar-refractivity contribution in [3.8, 4) is 0 Å². The highest BCUT2D eigenvalue weighted by Gasteiger charge is 2.64. The van der Waals surface area contributed by atoms with E-state index in [9.17, 15) is 4.79 Å². The largest absolute Gasteiger partial charge is 0.290 e. The number of hydrogen-bond acceptors (Lipinski definition) is 1. The van der Waals surface area contributed by atoms with Crippen LogP contribution in [0.5, 0.6) is 0 Å². The van der Waals surface area contributed by atoms with E-state index in [1.54, 1.807) is 0 Å². The Balaban J connectivity index is 1.71. The quantitative estimate of drug-likeness (QED) is 0.502. The fourth-order valence-corrected chi connectivity index (χ4v) is 7.70. The zero-order chi connectivity index (χ0) is 18.3. The van der Waals surface area contributed by atoms with Crippen LogP contribution in [-0.4, -0.2) is 5.78 Å². The maximum atomic E-state index is 11.9. The van der Waals surface area contributed by atoms with Gasteiger partial charge in [0.05, 0.1) is 0 Å². The number of ketones is 1. The number of hydrogen-bond donors (Lipinski definition) is 0. The Kier molecular flexibility index (Phi) is 3.59. The van der Waals surface area contributed by atoms with Gasteiger partial charge in [-0.05, 0) is 84.7 Å². The topological polar surface area (TPSA) is 17.1 Å². The van der Waals surface area contributed by atoms with E-state index in [-0.39, 0.29) is 11.2 Å². The zero-order valence-corrected chi connectivity index (χ0v) is 17.1. The molecular weight excluding hydrogens is 304 g/mol. The molecule has 4 aliphatic rings. The lowest BCUT2D eigenvalue weighted by atomic mass is 9.43. The van der Waals surface area contributed by atoms with Gasteiger partial charge in [-0.3, -0.25) is 4.79 Å². The van der Waals surface area contributed by atoms with Gasteiger partial charge < -0.3 is 0 Å². The minimum Gasteiger partial charge on any atom is -0.290 e. The van der Waals surface area contributed by atoms with Crippen molar-refractivity contribution in [1.82, 2.24) is 0 Å². The SMILES string of the molecule is CC(C)(C)[C@@]1(C)CC[C@H]2C3CCC4=CC(=O)C=C[C@]4(C)[C@H]3CC[C@@]21C. The molecule has 4 aliphatic carbocycles. The third-order valence-electron chi connectivity index (χ3n) is 9.82.